The maximum absolute atomic E-state index is 12.4. The summed E-state index contributed by atoms with van der Waals surface area (Å²) >= 11 is 1.06. The van der Waals surface area contributed by atoms with E-state index < -0.39 is 23.4 Å². The zero-order valence-corrected chi connectivity index (χ0v) is 14.7. The van der Waals surface area contributed by atoms with Crippen LogP contribution < -0.4 is 9.64 Å². The smallest absolute Gasteiger partial charge is 0.425 e. The molecule has 0 saturated carbocycles. The molecule has 0 aromatic carbocycles. The first-order valence-electron chi connectivity index (χ1n) is 6.69. The Balaban J connectivity index is 3.16. The number of carbonyl (C=O) groups is 2. The highest BCUT2D eigenvalue weighted by atomic mass is 32.1. The number of imide groups is 1. The standard InChI is InChI=1S/C14H22N2O5S/c1-13(2,3)20-11(17)16(12(18)21-14(4,5)6)10-9(19-7)8-22-15-10/h8H,1-7H3. The summed E-state index contributed by atoms with van der Waals surface area (Å²) in [6.07, 6.45) is -1.74. The van der Waals surface area contributed by atoms with Crippen molar-refractivity contribution in [3.63, 3.8) is 0 Å². The molecule has 7 nitrogen and oxygen atoms in total. The molecule has 1 rings (SSSR count). The van der Waals surface area contributed by atoms with E-state index in [9.17, 15) is 9.59 Å². The maximum atomic E-state index is 12.4. The number of nitrogens with zero attached hydrogens (tertiary/aromatic N) is 2. The van der Waals surface area contributed by atoms with Crippen LogP contribution in [0.4, 0.5) is 15.4 Å². The van der Waals surface area contributed by atoms with Gasteiger partial charge in [0.15, 0.2) is 5.75 Å². The number of anilines is 1. The molecule has 0 fully saturated rings. The van der Waals surface area contributed by atoms with Crippen LogP contribution in [0.5, 0.6) is 5.75 Å². The molecular weight excluding hydrogens is 308 g/mol. The summed E-state index contributed by atoms with van der Waals surface area (Å²) in [5, 5.41) is 1.58. The van der Waals surface area contributed by atoms with Crippen LogP contribution in [-0.4, -0.2) is 34.9 Å². The fraction of sp³-hybridized carbons (Fsp3) is 0.643. The van der Waals surface area contributed by atoms with Gasteiger partial charge in [-0.3, -0.25) is 0 Å². The lowest BCUT2D eigenvalue weighted by atomic mass is 10.2. The molecule has 1 heterocycles. The number of hydrogen-bond acceptors (Lipinski definition) is 7. The van der Waals surface area contributed by atoms with E-state index in [1.165, 1.54) is 7.11 Å². The van der Waals surface area contributed by atoms with Crippen molar-refractivity contribution < 1.29 is 23.8 Å². The Morgan fingerprint density at radius 2 is 1.50 bits per heavy atom. The van der Waals surface area contributed by atoms with E-state index in [1.807, 2.05) is 0 Å². The Bertz CT molecular complexity index is 514. The first-order valence-corrected chi connectivity index (χ1v) is 7.53. The zero-order chi connectivity index (χ0) is 17.1. The topological polar surface area (TPSA) is 78.0 Å². The Morgan fingerprint density at radius 3 is 1.86 bits per heavy atom. The fourth-order valence-electron chi connectivity index (χ4n) is 1.37. The van der Waals surface area contributed by atoms with Crippen molar-refractivity contribution in [1.82, 2.24) is 4.37 Å². The van der Waals surface area contributed by atoms with E-state index in [4.69, 9.17) is 14.2 Å². The molecule has 124 valence electrons. The molecule has 0 saturated heterocycles. The van der Waals surface area contributed by atoms with Gasteiger partial charge in [-0.15, -0.1) is 0 Å². The van der Waals surface area contributed by atoms with Gasteiger partial charge < -0.3 is 14.2 Å². The van der Waals surface area contributed by atoms with Crippen LogP contribution in [0.1, 0.15) is 41.5 Å². The summed E-state index contributed by atoms with van der Waals surface area (Å²) < 4.78 is 19.7. The Morgan fingerprint density at radius 1 is 1.05 bits per heavy atom. The summed E-state index contributed by atoms with van der Waals surface area (Å²) in [7, 11) is 1.43. The molecule has 0 unspecified atom stereocenters. The molecule has 8 heteroatoms. The Labute approximate surface area is 134 Å². The normalized spacial score (nSPS) is 11.8. The van der Waals surface area contributed by atoms with Crippen molar-refractivity contribution in [3.05, 3.63) is 5.38 Å². The largest absolute Gasteiger partial charge is 0.492 e. The molecule has 0 N–H and O–H groups in total. The lowest BCUT2D eigenvalue weighted by molar-refractivity contribution is 0.0428. The highest BCUT2D eigenvalue weighted by Gasteiger charge is 2.35. The minimum absolute atomic E-state index is 0.0519. The second kappa shape index (κ2) is 6.51. The van der Waals surface area contributed by atoms with Gasteiger partial charge in [-0.25, -0.2) is 9.59 Å². The number of amides is 2. The SMILES string of the molecule is COc1csnc1N(C(=O)OC(C)(C)C)C(=O)OC(C)(C)C. The van der Waals surface area contributed by atoms with Crippen LogP contribution in [0.25, 0.3) is 0 Å². The average molecular weight is 330 g/mol. The van der Waals surface area contributed by atoms with E-state index in [-0.39, 0.29) is 5.82 Å². The molecule has 22 heavy (non-hydrogen) atoms. The number of carbonyl (C=O) groups excluding carboxylic acids is 2. The van der Waals surface area contributed by atoms with Crippen molar-refractivity contribution in [2.75, 3.05) is 12.0 Å². The minimum atomic E-state index is -0.869. The number of ether oxygens (including phenoxy) is 3. The summed E-state index contributed by atoms with van der Waals surface area (Å²) in [5.74, 6) is 0.345. The van der Waals surface area contributed by atoms with Gasteiger partial charge in [0, 0.05) is 0 Å². The molecule has 1 aromatic rings. The number of methoxy groups -OCH3 is 1. The molecule has 0 aliphatic rings. The van der Waals surface area contributed by atoms with Gasteiger partial charge in [-0.2, -0.15) is 9.27 Å². The Kier molecular flexibility index (Phi) is 5.39. The first kappa shape index (κ1) is 18.2. The molecular formula is C14H22N2O5S. The van der Waals surface area contributed by atoms with E-state index in [0.29, 0.717) is 5.75 Å². The molecule has 1 aromatic heterocycles. The zero-order valence-electron chi connectivity index (χ0n) is 13.9. The van der Waals surface area contributed by atoms with E-state index in [1.54, 1.807) is 46.9 Å². The highest BCUT2D eigenvalue weighted by molar-refractivity contribution is 7.04. The summed E-state index contributed by atoms with van der Waals surface area (Å²) in [6.45, 7) is 10.2. The number of hydrogen-bond donors (Lipinski definition) is 0. The third-order valence-electron chi connectivity index (χ3n) is 2.10. The van der Waals surface area contributed by atoms with Gasteiger partial charge in [0.2, 0.25) is 5.82 Å². The van der Waals surface area contributed by atoms with Crippen LogP contribution in [0.3, 0.4) is 0 Å². The second-order valence-corrected chi connectivity index (χ2v) is 7.13. The monoisotopic (exact) mass is 330 g/mol. The van der Waals surface area contributed by atoms with Crippen molar-refractivity contribution >= 4 is 29.5 Å². The molecule has 0 aliphatic carbocycles. The van der Waals surface area contributed by atoms with Crippen LogP contribution in [0, 0.1) is 0 Å². The molecule has 0 aliphatic heterocycles. The summed E-state index contributed by atoms with van der Waals surface area (Å²) in [5.41, 5.74) is -1.53. The molecule has 0 bridgehead atoms. The van der Waals surface area contributed by atoms with Crippen molar-refractivity contribution in [1.29, 1.82) is 0 Å². The van der Waals surface area contributed by atoms with Crippen LogP contribution in [0.2, 0.25) is 0 Å². The van der Waals surface area contributed by atoms with Gasteiger partial charge in [0.05, 0.1) is 12.5 Å². The fourth-order valence-corrected chi connectivity index (χ4v) is 2.00. The van der Waals surface area contributed by atoms with Crippen LogP contribution in [-0.2, 0) is 9.47 Å². The van der Waals surface area contributed by atoms with Gasteiger partial charge >= 0.3 is 12.2 Å². The lowest BCUT2D eigenvalue weighted by Gasteiger charge is -2.27. The third-order valence-corrected chi connectivity index (χ3v) is 2.70. The second-order valence-electron chi connectivity index (χ2n) is 6.50. The van der Waals surface area contributed by atoms with Gasteiger partial charge in [0.1, 0.15) is 11.2 Å². The third kappa shape index (κ3) is 5.18. The van der Waals surface area contributed by atoms with E-state index in [0.717, 1.165) is 16.4 Å². The van der Waals surface area contributed by atoms with Gasteiger partial charge in [-0.05, 0) is 53.1 Å². The van der Waals surface area contributed by atoms with E-state index >= 15 is 0 Å². The number of rotatable bonds is 2. The number of aromatic nitrogens is 1. The van der Waals surface area contributed by atoms with Gasteiger partial charge in [0.25, 0.3) is 0 Å². The van der Waals surface area contributed by atoms with Crippen molar-refractivity contribution in [2.24, 2.45) is 0 Å². The quantitative estimate of drug-likeness (QED) is 0.820. The maximum Gasteiger partial charge on any atom is 0.425 e. The molecule has 2 amide bonds. The predicted molar refractivity (Wildman–Crippen MR) is 83.6 cm³/mol. The van der Waals surface area contributed by atoms with Crippen LogP contribution >= 0.6 is 11.5 Å². The van der Waals surface area contributed by atoms with Crippen molar-refractivity contribution in [3.8, 4) is 5.75 Å². The lowest BCUT2D eigenvalue weighted by Crippen LogP contribution is -2.44. The summed E-state index contributed by atoms with van der Waals surface area (Å²) in [6, 6.07) is 0. The van der Waals surface area contributed by atoms with Gasteiger partial charge in [-0.1, -0.05) is 0 Å². The van der Waals surface area contributed by atoms with E-state index in [2.05, 4.69) is 4.37 Å². The first-order chi connectivity index (χ1) is 9.94. The van der Waals surface area contributed by atoms with Crippen LogP contribution in [0.15, 0.2) is 5.38 Å². The molecule has 0 atom stereocenters. The molecule has 0 radical (unpaired) electrons. The highest BCUT2D eigenvalue weighted by Crippen LogP contribution is 2.31. The Hall–Kier alpha value is -1.83. The summed E-state index contributed by atoms with van der Waals surface area (Å²) in [4.78, 5) is 25.5. The average Bonchev–Trinajstić information content (AvgIpc) is 2.72. The predicted octanol–water partition coefficient (Wildman–Crippen LogP) is 3.83. The van der Waals surface area contributed by atoms with Crippen molar-refractivity contribution in [2.45, 2.75) is 52.7 Å². The minimum Gasteiger partial charge on any atom is -0.492 e. The molecule has 0 spiro atoms.